The Morgan fingerprint density at radius 3 is 2.81 bits per heavy atom. The normalized spacial score (nSPS) is 19.3. The van der Waals surface area contributed by atoms with Crippen molar-refractivity contribution in [2.24, 2.45) is 7.05 Å². The van der Waals surface area contributed by atoms with Gasteiger partial charge in [-0.15, -0.1) is 0 Å². The van der Waals surface area contributed by atoms with Gasteiger partial charge >= 0.3 is 0 Å². The molecule has 0 amide bonds. The maximum atomic E-state index is 9.73. The van der Waals surface area contributed by atoms with Crippen LogP contribution in [0.15, 0.2) is 12.4 Å². The number of nitrogens with zero attached hydrogens (tertiary/aromatic N) is 4. The molecule has 0 bridgehead atoms. The van der Waals surface area contributed by atoms with Gasteiger partial charge in [-0.25, -0.2) is 4.98 Å². The molecule has 2 N–H and O–H groups in total. The minimum atomic E-state index is -0.175. The number of hydrogen-bond donors (Lipinski definition) is 1. The number of pyridine rings is 1. The summed E-state index contributed by atoms with van der Waals surface area (Å²) in [6.45, 7) is 7.10. The first-order valence-electron chi connectivity index (χ1n) is 9.21. The second-order valence-corrected chi connectivity index (χ2v) is 7.67. The number of nitriles is 1. The highest BCUT2D eigenvalue weighted by atomic mass is 16.5. The summed E-state index contributed by atoms with van der Waals surface area (Å²) in [5.41, 5.74) is 10.5. The van der Waals surface area contributed by atoms with Crippen molar-refractivity contribution >= 4 is 5.82 Å². The van der Waals surface area contributed by atoms with Crippen LogP contribution in [0.5, 0.6) is 0 Å². The van der Waals surface area contributed by atoms with Crippen LogP contribution in [-0.2, 0) is 18.2 Å². The van der Waals surface area contributed by atoms with Gasteiger partial charge in [-0.05, 0) is 38.7 Å². The van der Waals surface area contributed by atoms with Crippen LogP contribution in [-0.4, -0.2) is 27.0 Å². The Balaban J connectivity index is 2.22. The van der Waals surface area contributed by atoms with E-state index in [1.165, 1.54) is 0 Å². The molecule has 3 heterocycles. The molecule has 2 aromatic heterocycles. The van der Waals surface area contributed by atoms with Crippen molar-refractivity contribution in [1.82, 2.24) is 14.8 Å². The largest absolute Gasteiger partial charge is 0.383 e. The average molecular weight is 353 g/mol. The van der Waals surface area contributed by atoms with Crippen LogP contribution in [0.4, 0.5) is 5.82 Å². The Hall–Kier alpha value is -2.39. The van der Waals surface area contributed by atoms with Crippen LogP contribution in [0.2, 0.25) is 0 Å². The summed E-state index contributed by atoms with van der Waals surface area (Å²) in [6.07, 6.45) is 7.39. The average Bonchev–Trinajstić information content (AvgIpc) is 3.01. The molecule has 6 nitrogen and oxygen atoms in total. The molecule has 26 heavy (non-hydrogen) atoms. The predicted octanol–water partition coefficient (Wildman–Crippen LogP) is 3.56. The van der Waals surface area contributed by atoms with Gasteiger partial charge in [0.05, 0.1) is 11.8 Å². The van der Waals surface area contributed by atoms with Crippen molar-refractivity contribution in [3.8, 4) is 17.2 Å². The summed E-state index contributed by atoms with van der Waals surface area (Å²) >= 11 is 0. The van der Waals surface area contributed by atoms with E-state index in [1.54, 1.807) is 10.9 Å². The van der Waals surface area contributed by atoms with E-state index < -0.39 is 0 Å². The Labute approximate surface area is 155 Å². The summed E-state index contributed by atoms with van der Waals surface area (Å²) in [6, 6.07) is 2.27. The van der Waals surface area contributed by atoms with Gasteiger partial charge in [0, 0.05) is 42.6 Å². The summed E-state index contributed by atoms with van der Waals surface area (Å²) < 4.78 is 7.64. The summed E-state index contributed by atoms with van der Waals surface area (Å²) in [5.74, 6) is 0.594. The molecule has 3 rings (SSSR count). The second kappa shape index (κ2) is 7.08. The van der Waals surface area contributed by atoms with Gasteiger partial charge in [0.25, 0.3) is 0 Å². The van der Waals surface area contributed by atoms with E-state index in [0.717, 1.165) is 48.1 Å². The molecule has 138 valence electrons. The number of aryl methyl sites for hydroxylation is 1. The summed E-state index contributed by atoms with van der Waals surface area (Å²) in [7, 11) is 1.88. The summed E-state index contributed by atoms with van der Waals surface area (Å²) in [4.78, 5) is 4.72. The molecular weight excluding hydrogens is 326 g/mol. The van der Waals surface area contributed by atoms with E-state index in [1.807, 2.05) is 13.2 Å². The zero-order valence-electron chi connectivity index (χ0n) is 16.0. The second-order valence-electron chi connectivity index (χ2n) is 7.67. The first kappa shape index (κ1) is 18.4. The van der Waals surface area contributed by atoms with E-state index in [9.17, 15) is 5.26 Å². The molecule has 0 radical (unpaired) electrons. The van der Waals surface area contributed by atoms with Crippen LogP contribution in [0.25, 0.3) is 11.1 Å². The Morgan fingerprint density at radius 2 is 2.23 bits per heavy atom. The van der Waals surface area contributed by atoms with Crippen molar-refractivity contribution < 1.29 is 4.74 Å². The lowest BCUT2D eigenvalue weighted by molar-refractivity contribution is -0.0598. The number of anilines is 1. The minimum absolute atomic E-state index is 0.175. The molecule has 0 aliphatic carbocycles. The van der Waals surface area contributed by atoms with E-state index in [0.29, 0.717) is 18.0 Å². The number of rotatable bonds is 4. The van der Waals surface area contributed by atoms with Crippen LogP contribution in [0.1, 0.15) is 62.8 Å². The van der Waals surface area contributed by atoms with Gasteiger partial charge in [0.15, 0.2) is 0 Å². The first-order chi connectivity index (χ1) is 12.4. The van der Waals surface area contributed by atoms with Gasteiger partial charge in [-0.1, -0.05) is 13.3 Å². The Kier molecular flexibility index (Phi) is 5.01. The van der Waals surface area contributed by atoms with Gasteiger partial charge in [0.2, 0.25) is 0 Å². The molecular formula is C20H27N5O. The SMILES string of the molecule is CCCc1c(C2CCOC(C)(C)C2)nc(N)c(C#N)c1-c1cnn(C)c1. The first-order valence-corrected chi connectivity index (χ1v) is 9.21. The van der Waals surface area contributed by atoms with E-state index in [2.05, 4.69) is 31.9 Å². The van der Waals surface area contributed by atoms with Crippen molar-refractivity contribution in [3.63, 3.8) is 0 Å². The molecule has 1 aliphatic rings. The maximum Gasteiger partial charge on any atom is 0.142 e. The number of aromatic nitrogens is 3. The molecule has 2 aromatic rings. The number of ether oxygens (including phenoxy) is 1. The Morgan fingerprint density at radius 1 is 1.46 bits per heavy atom. The van der Waals surface area contributed by atoms with Gasteiger partial charge in [0.1, 0.15) is 17.5 Å². The molecule has 0 saturated carbocycles. The van der Waals surface area contributed by atoms with E-state index >= 15 is 0 Å². The van der Waals surface area contributed by atoms with Gasteiger partial charge < -0.3 is 10.5 Å². The highest BCUT2D eigenvalue weighted by Crippen LogP contribution is 2.41. The maximum absolute atomic E-state index is 9.73. The highest BCUT2D eigenvalue weighted by Gasteiger charge is 2.33. The van der Waals surface area contributed by atoms with Crippen molar-refractivity contribution in [2.75, 3.05) is 12.3 Å². The lowest BCUT2D eigenvalue weighted by Crippen LogP contribution is -2.33. The topological polar surface area (TPSA) is 89.8 Å². The van der Waals surface area contributed by atoms with Crippen LogP contribution in [0.3, 0.4) is 0 Å². The minimum Gasteiger partial charge on any atom is -0.383 e. The molecule has 0 aromatic carbocycles. The molecule has 1 atom stereocenters. The molecule has 1 aliphatic heterocycles. The fourth-order valence-electron chi connectivity index (χ4n) is 3.95. The third kappa shape index (κ3) is 3.45. The summed E-state index contributed by atoms with van der Waals surface area (Å²) in [5, 5.41) is 14.0. The molecule has 0 spiro atoms. The third-order valence-electron chi connectivity index (χ3n) is 5.05. The Bertz CT molecular complexity index is 847. The molecule has 1 unspecified atom stereocenters. The molecule has 1 fully saturated rings. The van der Waals surface area contributed by atoms with Crippen LogP contribution >= 0.6 is 0 Å². The van der Waals surface area contributed by atoms with Crippen LogP contribution in [0, 0.1) is 11.3 Å². The van der Waals surface area contributed by atoms with Crippen molar-refractivity contribution in [3.05, 3.63) is 29.2 Å². The van der Waals surface area contributed by atoms with E-state index in [-0.39, 0.29) is 11.5 Å². The van der Waals surface area contributed by atoms with Crippen LogP contribution < -0.4 is 5.73 Å². The van der Waals surface area contributed by atoms with Gasteiger partial charge in [-0.2, -0.15) is 10.4 Å². The quantitative estimate of drug-likeness (QED) is 0.907. The van der Waals surface area contributed by atoms with Crippen molar-refractivity contribution in [2.45, 2.75) is 58.0 Å². The van der Waals surface area contributed by atoms with E-state index in [4.69, 9.17) is 15.5 Å². The zero-order chi connectivity index (χ0) is 18.9. The predicted molar refractivity (Wildman–Crippen MR) is 102 cm³/mol. The lowest BCUT2D eigenvalue weighted by Gasteiger charge is -2.36. The smallest absolute Gasteiger partial charge is 0.142 e. The highest BCUT2D eigenvalue weighted by molar-refractivity contribution is 5.78. The third-order valence-corrected chi connectivity index (χ3v) is 5.05. The fourth-order valence-corrected chi connectivity index (χ4v) is 3.95. The molecule has 6 heteroatoms. The standard InChI is InChI=1S/C20H27N5O/c1-5-6-15-17(14-11-23-25(4)12-14)16(10-21)19(22)24-18(15)13-7-8-26-20(2,3)9-13/h11-13H,5-9H2,1-4H3,(H2,22,24). The molecule has 1 saturated heterocycles. The number of hydrogen-bond acceptors (Lipinski definition) is 5. The lowest BCUT2D eigenvalue weighted by atomic mass is 9.81. The zero-order valence-corrected chi connectivity index (χ0v) is 16.0. The fraction of sp³-hybridized carbons (Fsp3) is 0.550. The van der Waals surface area contributed by atoms with Gasteiger partial charge in [-0.3, -0.25) is 4.68 Å². The number of nitrogens with two attached hydrogens (primary N) is 1. The van der Waals surface area contributed by atoms with Crippen molar-refractivity contribution in [1.29, 1.82) is 5.26 Å². The monoisotopic (exact) mass is 353 g/mol. The number of nitrogen functional groups attached to an aromatic ring is 1.